The molecule has 2 N–H and O–H groups in total. The van der Waals surface area contributed by atoms with Gasteiger partial charge in [-0.1, -0.05) is 0 Å². The first kappa shape index (κ1) is 12.4. The maximum atomic E-state index is 12.0. The third kappa shape index (κ3) is 4.55. The van der Waals surface area contributed by atoms with E-state index in [1.807, 2.05) is 0 Å². The van der Waals surface area contributed by atoms with Crippen LogP contribution in [-0.2, 0) is 4.79 Å². The molecule has 15 heavy (non-hydrogen) atoms. The molecule has 0 aromatic rings. The van der Waals surface area contributed by atoms with Crippen molar-refractivity contribution in [2.45, 2.75) is 44.6 Å². The minimum absolute atomic E-state index is 0.0671. The molecule has 1 saturated heterocycles. The van der Waals surface area contributed by atoms with Crippen molar-refractivity contribution < 1.29 is 18.7 Å². The first-order valence-electron chi connectivity index (χ1n) is 5.34. The van der Waals surface area contributed by atoms with E-state index >= 15 is 0 Å². The molecular weight excluding hydrogens is 204 g/mol. The minimum atomic E-state index is -2.24. The van der Waals surface area contributed by atoms with Crippen LogP contribution in [0.15, 0.2) is 0 Å². The van der Waals surface area contributed by atoms with Gasteiger partial charge in [-0.2, -0.15) is 0 Å². The quantitative estimate of drug-likeness (QED) is 0.762. The number of alkyl halides is 2. The van der Waals surface area contributed by atoms with Gasteiger partial charge >= 0.3 is 5.97 Å². The zero-order valence-corrected chi connectivity index (χ0v) is 8.59. The zero-order valence-electron chi connectivity index (χ0n) is 8.59. The molecule has 0 aromatic heterocycles. The Labute approximate surface area is 87.9 Å². The monoisotopic (exact) mass is 221 g/mol. The van der Waals surface area contributed by atoms with Crippen LogP contribution in [0.1, 0.15) is 32.1 Å². The summed E-state index contributed by atoms with van der Waals surface area (Å²) in [6.07, 6.45) is 0.279. The molecule has 0 bridgehead atoms. The van der Waals surface area contributed by atoms with Crippen LogP contribution < -0.4 is 5.32 Å². The number of rotatable bonds is 4. The van der Waals surface area contributed by atoms with E-state index in [4.69, 9.17) is 5.11 Å². The molecule has 0 aromatic carbocycles. The van der Waals surface area contributed by atoms with Gasteiger partial charge in [0.2, 0.25) is 6.43 Å². The van der Waals surface area contributed by atoms with Crippen molar-refractivity contribution in [3.05, 3.63) is 0 Å². The molecule has 1 heterocycles. The van der Waals surface area contributed by atoms with Gasteiger partial charge in [0.05, 0.1) is 0 Å². The summed E-state index contributed by atoms with van der Waals surface area (Å²) < 4.78 is 24.0. The van der Waals surface area contributed by atoms with Gasteiger partial charge in [0, 0.05) is 6.42 Å². The standard InChI is InChI=1S/C10H17F2NO2/c11-9(12)4-2-7-1-3-8(10(14)15)13-6-5-7/h7-9,13H,1-6H2,(H,14,15). The van der Waals surface area contributed by atoms with Crippen molar-refractivity contribution in [2.24, 2.45) is 5.92 Å². The fourth-order valence-corrected chi connectivity index (χ4v) is 1.97. The summed E-state index contributed by atoms with van der Waals surface area (Å²) in [6, 6.07) is -0.499. The average Bonchev–Trinajstić information content (AvgIpc) is 2.39. The lowest BCUT2D eigenvalue weighted by Gasteiger charge is -2.12. The van der Waals surface area contributed by atoms with Gasteiger partial charge in [-0.15, -0.1) is 0 Å². The maximum Gasteiger partial charge on any atom is 0.320 e. The number of aliphatic carboxylic acids is 1. The summed E-state index contributed by atoms with van der Waals surface area (Å²) in [6.45, 7) is 0.616. The highest BCUT2D eigenvalue weighted by molar-refractivity contribution is 5.73. The number of carboxylic acid groups (broad SMARTS) is 1. The summed E-state index contributed by atoms with van der Waals surface area (Å²) in [5.74, 6) is -0.597. The van der Waals surface area contributed by atoms with Gasteiger partial charge < -0.3 is 10.4 Å². The van der Waals surface area contributed by atoms with Crippen molar-refractivity contribution in [3.63, 3.8) is 0 Å². The van der Waals surface area contributed by atoms with Crippen molar-refractivity contribution in [1.29, 1.82) is 0 Å². The number of hydrogen-bond acceptors (Lipinski definition) is 2. The molecular formula is C10H17F2NO2. The molecule has 3 nitrogen and oxygen atoms in total. The van der Waals surface area contributed by atoms with E-state index in [0.29, 0.717) is 19.4 Å². The number of nitrogens with one attached hydrogen (secondary N) is 1. The molecule has 2 unspecified atom stereocenters. The lowest BCUT2D eigenvalue weighted by molar-refractivity contribution is -0.139. The van der Waals surface area contributed by atoms with Crippen LogP contribution in [0.5, 0.6) is 0 Å². The van der Waals surface area contributed by atoms with E-state index in [-0.39, 0.29) is 12.3 Å². The molecule has 88 valence electrons. The topological polar surface area (TPSA) is 49.3 Å². The Bertz CT molecular complexity index is 212. The van der Waals surface area contributed by atoms with E-state index in [9.17, 15) is 13.6 Å². The number of hydrogen-bond donors (Lipinski definition) is 2. The molecule has 5 heteroatoms. The highest BCUT2D eigenvalue weighted by atomic mass is 19.3. The van der Waals surface area contributed by atoms with Crippen molar-refractivity contribution in [3.8, 4) is 0 Å². The van der Waals surface area contributed by atoms with Crippen LogP contribution >= 0.6 is 0 Å². The Morgan fingerprint density at radius 3 is 2.73 bits per heavy atom. The van der Waals surface area contributed by atoms with Gasteiger partial charge in [-0.05, 0) is 38.1 Å². The normalized spacial score (nSPS) is 27.7. The van der Waals surface area contributed by atoms with Crippen molar-refractivity contribution >= 4 is 5.97 Å². The van der Waals surface area contributed by atoms with Crippen LogP contribution in [0.3, 0.4) is 0 Å². The summed E-state index contributed by atoms with van der Waals surface area (Å²) in [7, 11) is 0. The smallest absolute Gasteiger partial charge is 0.320 e. The molecule has 1 aliphatic heterocycles. The van der Waals surface area contributed by atoms with Gasteiger partial charge in [0.25, 0.3) is 0 Å². The molecule has 2 atom stereocenters. The van der Waals surface area contributed by atoms with E-state index in [1.165, 1.54) is 0 Å². The number of carbonyl (C=O) groups is 1. The Balaban J connectivity index is 2.29. The van der Waals surface area contributed by atoms with Crippen LogP contribution in [0.25, 0.3) is 0 Å². The number of halogens is 2. The fraction of sp³-hybridized carbons (Fsp3) is 0.900. The van der Waals surface area contributed by atoms with Crippen LogP contribution in [0.4, 0.5) is 8.78 Å². The van der Waals surface area contributed by atoms with Crippen LogP contribution in [0, 0.1) is 5.92 Å². The average molecular weight is 221 g/mol. The Hall–Kier alpha value is -0.710. The first-order valence-corrected chi connectivity index (χ1v) is 5.34. The second-order valence-corrected chi connectivity index (χ2v) is 4.05. The van der Waals surface area contributed by atoms with Gasteiger partial charge in [0.1, 0.15) is 6.04 Å². The van der Waals surface area contributed by atoms with Gasteiger partial charge in [-0.25, -0.2) is 8.78 Å². The molecule has 1 rings (SSSR count). The molecule has 0 saturated carbocycles. The first-order chi connectivity index (χ1) is 7.09. The molecule has 0 radical (unpaired) electrons. The highest BCUT2D eigenvalue weighted by Gasteiger charge is 2.23. The Kier molecular flexibility index (Phi) is 4.94. The molecule has 0 spiro atoms. The summed E-state index contributed by atoms with van der Waals surface area (Å²) in [5, 5.41) is 11.7. The van der Waals surface area contributed by atoms with Crippen LogP contribution in [0.2, 0.25) is 0 Å². The SMILES string of the molecule is O=C(O)C1CCC(CCC(F)F)CCN1. The molecule has 0 aliphatic carbocycles. The third-order valence-electron chi connectivity index (χ3n) is 2.90. The van der Waals surface area contributed by atoms with Crippen LogP contribution in [-0.4, -0.2) is 30.1 Å². The third-order valence-corrected chi connectivity index (χ3v) is 2.90. The van der Waals surface area contributed by atoms with Crippen molar-refractivity contribution in [1.82, 2.24) is 5.32 Å². The second-order valence-electron chi connectivity index (χ2n) is 4.05. The predicted molar refractivity (Wildman–Crippen MR) is 52.0 cm³/mol. The molecule has 1 aliphatic rings. The summed E-state index contributed by atoms with van der Waals surface area (Å²) >= 11 is 0. The van der Waals surface area contributed by atoms with Crippen molar-refractivity contribution in [2.75, 3.05) is 6.54 Å². The van der Waals surface area contributed by atoms with Gasteiger partial charge in [-0.3, -0.25) is 4.79 Å². The zero-order chi connectivity index (χ0) is 11.3. The fourth-order valence-electron chi connectivity index (χ4n) is 1.97. The predicted octanol–water partition coefficient (Wildman–Crippen LogP) is 1.87. The van der Waals surface area contributed by atoms with Gasteiger partial charge in [0.15, 0.2) is 0 Å². The minimum Gasteiger partial charge on any atom is -0.480 e. The summed E-state index contributed by atoms with van der Waals surface area (Å²) in [5.41, 5.74) is 0. The second kappa shape index (κ2) is 6.00. The number of carboxylic acids is 1. The molecule has 0 amide bonds. The highest BCUT2D eigenvalue weighted by Crippen LogP contribution is 2.23. The molecule has 1 fully saturated rings. The lowest BCUT2D eigenvalue weighted by atomic mass is 9.94. The Morgan fingerprint density at radius 1 is 1.40 bits per heavy atom. The maximum absolute atomic E-state index is 12.0. The summed E-state index contributed by atoms with van der Waals surface area (Å²) in [4.78, 5) is 10.7. The van der Waals surface area contributed by atoms with E-state index in [0.717, 1.165) is 12.8 Å². The lowest BCUT2D eigenvalue weighted by Crippen LogP contribution is -2.35. The van der Waals surface area contributed by atoms with E-state index in [2.05, 4.69) is 5.32 Å². The Morgan fingerprint density at radius 2 is 2.13 bits per heavy atom. The largest absolute Gasteiger partial charge is 0.480 e. The van der Waals surface area contributed by atoms with E-state index < -0.39 is 18.4 Å². The van der Waals surface area contributed by atoms with E-state index in [1.54, 1.807) is 0 Å².